The topological polar surface area (TPSA) is 69.5 Å². The Balaban J connectivity index is 1.38. The minimum Gasteiger partial charge on any atom is -0.454 e. The molecule has 3 aromatic rings. The summed E-state index contributed by atoms with van der Waals surface area (Å²) >= 11 is 1.47. The van der Waals surface area contributed by atoms with Gasteiger partial charge in [0.1, 0.15) is 0 Å². The van der Waals surface area contributed by atoms with Crippen molar-refractivity contribution in [3.63, 3.8) is 0 Å². The summed E-state index contributed by atoms with van der Waals surface area (Å²) < 4.78 is 13.1. The molecule has 2 aliphatic rings. The Bertz CT molecular complexity index is 1160. The van der Waals surface area contributed by atoms with Crippen molar-refractivity contribution < 1.29 is 14.3 Å². The third-order valence-corrected chi connectivity index (χ3v) is 7.62. The molecular weight excluding hydrogens is 460 g/mol. The summed E-state index contributed by atoms with van der Waals surface area (Å²) in [5.74, 6) is 2.82. The Kier molecular flexibility index (Phi) is 7.27. The average molecular weight is 493 g/mol. The Morgan fingerprint density at radius 3 is 2.60 bits per heavy atom. The molecule has 7 nitrogen and oxygen atoms in total. The van der Waals surface area contributed by atoms with Gasteiger partial charge in [0.15, 0.2) is 22.5 Å². The van der Waals surface area contributed by atoms with Crippen LogP contribution in [0.25, 0.3) is 11.4 Å². The van der Waals surface area contributed by atoms with E-state index in [9.17, 15) is 4.79 Å². The first-order chi connectivity index (χ1) is 17.1. The highest BCUT2D eigenvalue weighted by atomic mass is 32.2. The van der Waals surface area contributed by atoms with Crippen LogP contribution in [-0.2, 0) is 11.3 Å². The number of fused-ring (bicyclic) bond motifs is 1. The van der Waals surface area contributed by atoms with Crippen molar-refractivity contribution >= 4 is 17.7 Å². The summed E-state index contributed by atoms with van der Waals surface area (Å²) in [7, 11) is 0. The van der Waals surface area contributed by atoms with E-state index in [0.717, 1.165) is 46.4 Å². The molecule has 2 heterocycles. The fourth-order valence-corrected chi connectivity index (χ4v) is 5.84. The number of ether oxygens (including phenoxy) is 2. The first-order valence-electron chi connectivity index (χ1n) is 12.4. The monoisotopic (exact) mass is 492 g/mol. The summed E-state index contributed by atoms with van der Waals surface area (Å²) in [5.41, 5.74) is 2.05. The highest BCUT2D eigenvalue weighted by molar-refractivity contribution is 7.99. The molecule has 2 aromatic carbocycles. The van der Waals surface area contributed by atoms with Gasteiger partial charge in [0.05, 0.1) is 12.3 Å². The first-order valence-corrected chi connectivity index (χ1v) is 13.4. The lowest BCUT2D eigenvalue weighted by Crippen LogP contribution is -2.46. The van der Waals surface area contributed by atoms with Crippen molar-refractivity contribution in [3.05, 3.63) is 54.1 Å². The molecule has 1 amide bonds. The van der Waals surface area contributed by atoms with Gasteiger partial charge >= 0.3 is 0 Å². The van der Waals surface area contributed by atoms with E-state index in [1.165, 1.54) is 31.0 Å². The van der Waals surface area contributed by atoms with Gasteiger partial charge in [0.25, 0.3) is 0 Å². The third-order valence-electron chi connectivity index (χ3n) is 6.66. The van der Waals surface area contributed by atoms with Crippen LogP contribution in [0.3, 0.4) is 0 Å². The van der Waals surface area contributed by atoms with Crippen molar-refractivity contribution in [2.75, 3.05) is 12.5 Å². The summed E-state index contributed by atoms with van der Waals surface area (Å²) in [6.07, 6.45) is 5.90. The number of hydrogen-bond acceptors (Lipinski definition) is 6. The Morgan fingerprint density at radius 2 is 1.83 bits per heavy atom. The lowest BCUT2D eigenvalue weighted by atomic mass is 9.93. The van der Waals surface area contributed by atoms with E-state index >= 15 is 0 Å². The second kappa shape index (κ2) is 10.7. The highest BCUT2D eigenvalue weighted by Crippen LogP contribution is 2.34. The molecule has 1 aliphatic heterocycles. The smallest absolute Gasteiger partial charge is 0.233 e. The highest BCUT2D eigenvalue weighted by Gasteiger charge is 2.28. The predicted molar refractivity (Wildman–Crippen MR) is 137 cm³/mol. The van der Waals surface area contributed by atoms with Crippen LogP contribution in [0, 0.1) is 0 Å². The standard InChI is InChI=1S/C27H32N4O3S/c1-19(2)31(22-11-7-4-8-12-22)25(32)17-35-27-29-28-26(21-9-5-3-6-10-21)30(27)16-20-13-14-23-24(15-20)34-18-33-23/h3,5-6,9-10,13-15,19,22H,4,7-8,11-12,16-18H2,1-2H3. The molecule has 8 heteroatoms. The quantitative estimate of drug-likeness (QED) is 0.393. The van der Waals surface area contributed by atoms with Crippen LogP contribution in [0.1, 0.15) is 51.5 Å². The van der Waals surface area contributed by atoms with Gasteiger partial charge in [-0.1, -0.05) is 67.4 Å². The van der Waals surface area contributed by atoms with Crippen molar-refractivity contribution in [2.24, 2.45) is 0 Å². The van der Waals surface area contributed by atoms with Crippen LogP contribution in [0.5, 0.6) is 11.5 Å². The number of benzene rings is 2. The van der Waals surface area contributed by atoms with Gasteiger partial charge in [-0.2, -0.15) is 0 Å². The summed E-state index contributed by atoms with van der Waals surface area (Å²) in [4.78, 5) is 15.4. The number of carbonyl (C=O) groups excluding carboxylic acids is 1. The van der Waals surface area contributed by atoms with Crippen LogP contribution in [0.4, 0.5) is 0 Å². The van der Waals surface area contributed by atoms with Crippen molar-refractivity contribution in [1.82, 2.24) is 19.7 Å². The van der Waals surface area contributed by atoms with E-state index < -0.39 is 0 Å². The van der Waals surface area contributed by atoms with Crippen LogP contribution in [-0.4, -0.2) is 50.2 Å². The molecule has 1 aromatic heterocycles. The predicted octanol–water partition coefficient (Wildman–Crippen LogP) is 5.38. The molecule has 1 aliphatic carbocycles. The zero-order valence-electron chi connectivity index (χ0n) is 20.4. The van der Waals surface area contributed by atoms with Gasteiger partial charge in [-0.15, -0.1) is 10.2 Å². The van der Waals surface area contributed by atoms with Crippen molar-refractivity contribution in [2.45, 2.75) is 69.7 Å². The van der Waals surface area contributed by atoms with E-state index in [2.05, 4.69) is 33.5 Å². The van der Waals surface area contributed by atoms with Gasteiger partial charge in [0.2, 0.25) is 12.7 Å². The number of amides is 1. The van der Waals surface area contributed by atoms with Crippen LogP contribution < -0.4 is 9.47 Å². The number of aromatic nitrogens is 3. The maximum Gasteiger partial charge on any atom is 0.233 e. The van der Waals surface area contributed by atoms with Crippen LogP contribution >= 0.6 is 11.8 Å². The van der Waals surface area contributed by atoms with Crippen LogP contribution in [0.15, 0.2) is 53.7 Å². The Hall–Kier alpha value is -3.00. The second-order valence-corrected chi connectivity index (χ2v) is 10.4. The largest absolute Gasteiger partial charge is 0.454 e. The molecule has 0 N–H and O–H groups in total. The SMILES string of the molecule is CC(C)N(C(=O)CSc1nnc(-c2ccccc2)n1Cc1ccc2c(c1)OCO2)C1CCCCC1. The molecule has 0 bridgehead atoms. The van der Waals surface area contributed by atoms with Gasteiger partial charge in [-0.05, 0) is 44.4 Å². The molecule has 0 spiro atoms. The van der Waals surface area contributed by atoms with E-state index in [1.807, 2.05) is 48.5 Å². The van der Waals surface area contributed by atoms with Gasteiger partial charge < -0.3 is 14.4 Å². The zero-order valence-corrected chi connectivity index (χ0v) is 21.2. The van der Waals surface area contributed by atoms with Crippen LogP contribution in [0.2, 0.25) is 0 Å². The normalized spacial score (nSPS) is 15.5. The lowest BCUT2D eigenvalue weighted by Gasteiger charge is -2.37. The van der Waals surface area contributed by atoms with Gasteiger partial charge in [0, 0.05) is 17.6 Å². The van der Waals surface area contributed by atoms with Crippen molar-refractivity contribution in [1.29, 1.82) is 0 Å². The Labute approximate surface area is 210 Å². The summed E-state index contributed by atoms with van der Waals surface area (Å²) in [6, 6.07) is 16.6. The van der Waals surface area contributed by atoms with E-state index in [4.69, 9.17) is 9.47 Å². The summed E-state index contributed by atoms with van der Waals surface area (Å²) in [6.45, 7) is 5.05. The molecule has 35 heavy (non-hydrogen) atoms. The number of nitrogens with zero attached hydrogens (tertiary/aromatic N) is 4. The van der Waals surface area contributed by atoms with E-state index in [1.54, 1.807) is 0 Å². The molecule has 0 atom stereocenters. The fourth-order valence-electron chi connectivity index (χ4n) is 5.03. The maximum atomic E-state index is 13.3. The minimum atomic E-state index is 0.177. The average Bonchev–Trinajstić information content (AvgIpc) is 3.50. The Morgan fingerprint density at radius 1 is 1.06 bits per heavy atom. The minimum absolute atomic E-state index is 0.177. The summed E-state index contributed by atoms with van der Waals surface area (Å²) in [5, 5.41) is 9.75. The number of rotatable bonds is 8. The molecule has 1 saturated carbocycles. The maximum absolute atomic E-state index is 13.3. The third kappa shape index (κ3) is 5.32. The number of hydrogen-bond donors (Lipinski definition) is 0. The number of thioether (sulfide) groups is 1. The second-order valence-electron chi connectivity index (χ2n) is 9.42. The van der Waals surface area contributed by atoms with E-state index in [0.29, 0.717) is 18.3 Å². The van der Waals surface area contributed by atoms with E-state index in [-0.39, 0.29) is 18.7 Å². The first kappa shape index (κ1) is 23.7. The van der Waals surface area contributed by atoms with Crippen molar-refractivity contribution in [3.8, 4) is 22.9 Å². The lowest BCUT2D eigenvalue weighted by molar-refractivity contribution is -0.133. The molecule has 5 rings (SSSR count). The molecule has 1 fully saturated rings. The van der Waals surface area contributed by atoms with Gasteiger partial charge in [-0.3, -0.25) is 9.36 Å². The molecule has 0 radical (unpaired) electrons. The molecule has 0 saturated heterocycles. The van der Waals surface area contributed by atoms with Gasteiger partial charge in [-0.25, -0.2) is 0 Å². The molecule has 0 unspecified atom stereocenters. The molecule has 184 valence electrons. The number of carbonyl (C=O) groups is 1. The molecular formula is C27H32N4O3S. The zero-order chi connectivity index (χ0) is 24.2. The fraction of sp³-hybridized carbons (Fsp3) is 0.444.